The van der Waals surface area contributed by atoms with E-state index in [0.29, 0.717) is 32.1 Å². The maximum Gasteiger partial charge on any atom is 0.289 e. The average molecular weight is 364 g/mol. The maximum absolute atomic E-state index is 12.2. The molecule has 0 spiro atoms. The molecule has 1 fully saturated rings. The number of halogens is 1. The number of aromatic nitrogens is 2. The van der Waals surface area contributed by atoms with Crippen molar-refractivity contribution in [1.82, 2.24) is 10.2 Å². The van der Waals surface area contributed by atoms with E-state index in [-0.39, 0.29) is 22.1 Å². The first-order valence-electron chi connectivity index (χ1n) is 7.46. The Morgan fingerprint density at radius 3 is 2.64 bits per heavy atom. The molecule has 2 heterocycles. The molecule has 25 heavy (non-hydrogen) atoms. The molecule has 0 aliphatic carbocycles. The molecule has 0 saturated carbocycles. The van der Waals surface area contributed by atoms with Gasteiger partial charge in [0.25, 0.3) is 11.6 Å². The molecule has 3 rings (SSSR count). The van der Waals surface area contributed by atoms with Crippen LogP contribution in [0.3, 0.4) is 0 Å². The number of carbonyl (C=O) groups is 1. The van der Waals surface area contributed by atoms with Crippen LogP contribution < -0.4 is 10.2 Å². The van der Waals surface area contributed by atoms with Crippen LogP contribution in [0.1, 0.15) is 10.5 Å². The first-order chi connectivity index (χ1) is 12.0. The molecule has 1 aromatic carbocycles. The summed E-state index contributed by atoms with van der Waals surface area (Å²) in [5.74, 6) is 0.152. The molecule has 1 amide bonds. The molecule has 0 unspecified atom stereocenters. The van der Waals surface area contributed by atoms with E-state index >= 15 is 0 Å². The lowest BCUT2D eigenvalue weighted by atomic mass is 10.2. The first kappa shape index (κ1) is 17.1. The summed E-state index contributed by atoms with van der Waals surface area (Å²) in [5.41, 5.74) is 0.0722. The van der Waals surface area contributed by atoms with Crippen LogP contribution in [0.2, 0.25) is 5.02 Å². The minimum absolute atomic E-state index is 0.00217. The lowest BCUT2D eigenvalue weighted by Gasteiger charge is -2.27. The molecule has 9 nitrogen and oxygen atoms in total. The topological polar surface area (TPSA) is 110 Å². The van der Waals surface area contributed by atoms with Gasteiger partial charge >= 0.3 is 0 Å². The third-order valence-electron chi connectivity index (χ3n) is 3.62. The largest absolute Gasteiger partial charge is 0.378 e. The van der Waals surface area contributed by atoms with Crippen LogP contribution in [0.25, 0.3) is 0 Å². The lowest BCUT2D eigenvalue weighted by molar-refractivity contribution is -0.384. The highest BCUT2D eigenvalue weighted by molar-refractivity contribution is 6.32. The van der Waals surface area contributed by atoms with Crippen LogP contribution in [-0.2, 0) is 4.74 Å². The van der Waals surface area contributed by atoms with Crippen LogP contribution >= 0.6 is 11.6 Å². The van der Waals surface area contributed by atoms with Gasteiger partial charge in [-0.15, -0.1) is 10.2 Å². The Kier molecular flexibility index (Phi) is 5.05. The number of hydrogen-bond acceptors (Lipinski definition) is 7. The number of morpholine rings is 1. The Hall–Kier alpha value is -2.78. The number of amides is 1. The van der Waals surface area contributed by atoms with Gasteiger partial charge in [-0.2, -0.15) is 0 Å². The van der Waals surface area contributed by atoms with Crippen molar-refractivity contribution in [1.29, 1.82) is 0 Å². The van der Waals surface area contributed by atoms with Gasteiger partial charge in [0.15, 0.2) is 11.5 Å². The van der Waals surface area contributed by atoms with Crippen LogP contribution in [0.5, 0.6) is 0 Å². The van der Waals surface area contributed by atoms with E-state index in [1.165, 1.54) is 18.2 Å². The third-order valence-corrected chi connectivity index (χ3v) is 3.94. The summed E-state index contributed by atoms with van der Waals surface area (Å²) >= 11 is 5.75. The number of nitro benzene ring substituents is 1. The van der Waals surface area contributed by atoms with E-state index in [1.807, 2.05) is 4.90 Å². The summed E-state index contributed by atoms with van der Waals surface area (Å²) in [5, 5.41) is 21.4. The summed E-state index contributed by atoms with van der Waals surface area (Å²) < 4.78 is 5.27. The number of benzene rings is 1. The summed E-state index contributed by atoms with van der Waals surface area (Å²) in [7, 11) is 0. The fourth-order valence-electron chi connectivity index (χ4n) is 2.33. The number of nitro groups is 1. The molecule has 1 aliphatic rings. The van der Waals surface area contributed by atoms with Crippen LogP contribution in [0, 0.1) is 10.1 Å². The van der Waals surface area contributed by atoms with Gasteiger partial charge in [-0.1, -0.05) is 11.6 Å². The molecule has 0 bridgehead atoms. The monoisotopic (exact) mass is 363 g/mol. The SMILES string of the molecule is O=C(Nc1ccc(Cl)c([N+](=O)[O-])c1)c1ccc(N2CCOCC2)nn1. The number of nitrogens with one attached hydrogen (secondary N) is 1. The molecular formula is C15H14ClN5O4. The Morgan fingerprint density at radius 1 is 1.24 bits per heavy atom. The second kappa shape index (κ2) is 7.41. The van der Waals surface area contributed by atoms with E-state index in [4.69, 9.17) is 16.3 Å². The number of nitrogens with zero attached hydrogens (tertiary/aromatic N) is 4. The Labute approximate surface area is 147 Å². The van der Waals surface area contributed by atoms with Gasteiger partial charge in [0.2, 0.25) is 0 Å². The maximum atomic E-state index is 12.2. The molecule has 0 radical (unpaired) electrons. The molecular weight excluding hydrogens is 350 g/mol. The Morgan fingerprint density at radius 2 is 2.00 bits per heavy atom. The Bertz CT molecular complexity index is 793. The van der Waals surface area contributed by atoms with Gasteiger partial charge in [-0.3, -0.25) is 14.9 Å². The predicted molar refractivity (Wildman–Crippen MR) is 91.1 cm³/mol. The van der Waals surface area contributed by atoms with Gasteiger partial charge < -0.3 is 15.0 Å². The lowest BCUT2D eigenvalue weighted by Crippen LogP contribution is -2.37. The number of ether oxygens (including phenoxy) is 1. The highest BCUT2D eigenvalue weighted by Crippen LogP contribution is 2.27. The van der Waals surface area contributed by atoms with E-state index in [0.717, 1.165) is 0 Å². The summed E-state index contributed by atoms with van der Waals surface area (Å²) in [4.78, 5) is 24.5. The van der Waals surface area contributed by atoms with Crippen molar-refractivity contribution in [2.45, 2.75) is 0 Å². The van der Waals surface area contributed by atoms with Crippen molar-refractivity contribution < 1.29 is 14.5 Å². The summed E-state index contributed by atoms with van der Waals surface area (Å²) in [6.07, 6.45) is 0. The van der Waals surface area contributed by atoms with Crippen molar-refractivity contribution >= 4 is 34.7 Å². The summed E-state index contributed by atoms with van der Waals surface area (Å²) in [6, 6.07) is 7.27. The fraction of sp³-hybridized carbons (Fsp3) is 0.267. The zero-order valence-corrected chi connectivity index (χ0v) is 13.8. The number of anilines is 2. The molecule has 1 aromatic heterocycles. The van der Waals surface area contributed by atoms with Crippen molar-refractivity contribution in [3.8, 4) is 0 Å². The fourth-order valence-corrected chi connectivity index (χ4v) is 2.52. The second-order valence-corrected chi connectivity index (χ2v) is 5.66. The first-order valence-corrected chi connectivity index (χ1v) is 7.84. The van der Waals surface area contributed by atoms with Crippen LogP contribution in [0.4, 0.5) is 17.2 Å². The van der Waals surface area contributed by atoms with Crippen molar-refractivity contribution in [3.05, 3.63) is 51.2 Å². The van der Waals surface area contributed by atoms with Gasteiger partial charge in [0, 0.05) is 24.8 Å². The highest BCUT2D eigenvalue weighted by atomic mass is 35.5. The van der Waals surface area contributed by atoms with Gasteiger partial charge in [-0.05, 0) is 24.3 Å². The zero-order valence-electron chi connectivity index (χ0n) is 13.0. The Balaban J connectivity index is 1.71. The predicted octanol–water partition coefficient (Wildman–Crippen LogP) is 2.13. The molecule has 1 aliphatic heterocycles. The molecule has 10 heteroatoms. The van der Waals surface area contributed by atoms with Crippen LogP contribution in [0.15, 0.2) is 30.3 Å². The quantitative estimate of drug-likeness (QED) is 0.654. The average Bonchev–Trinajstić information content (AvgIpc) is 2.64. The molecule has 0 atom stereocenters. The van der Waals surface area contributed by atoms with E-state index in [1.54, 1.807) is 12.1 Å². The minimum Gasteiger partial charge on any atom is -0.378 e. The van der Waals surface area contributed by atoms with E-state index in [9.17, 15) is 14.9 Å². The second-order valence-electron chi connectivity index (χ2n) is 5.25. The standard InChI is InChI=1S/C15H14ClN5O4/c16-11-2-1-10(9-13(11)21(23)24)17-15(22)12-3-4-14(19-18-12)20-5-7-25-8-6-20/h1-4,9H,5-8H2,(H,17,22). The van der Waals surface area contributed by atoms with Crippen molar-refractivity contribution in [2.24, 2.45) is 0 Å². The number of rotatable bonds is 4. The summed E-state index contributed by atoms with van der Waals surface area (Å²) in [6.45, 7) is 2.68. The van der Waals surface area contributed by atoms with E-state index < -0.39 is 10.8 Å². The highest BCUT2D eigenvalue weighted by Gasteiger charge is 2.17. The molecule has 130 valence electrons. The van der Waals surface area contributed by atoms with Crippen LogP contribution in [-0.4, -0.2) is 47.3 Å². The zero-order chi connectivity index (χ0) is 17.8. The van der Waals surface area contributed by atoms with E-state index in [2.05, 4.69) is 15.5 Å². The normalized spacial score (nSPS) is 14.2. The van der Waals surface area contributed by atoms with Crippen molar-refractivity contribution in [2.75, 3.05) is 36.5 Å². The smallest absolute Gasteiger partial charge is 0.289 e. The molecule has 2 aromatic rings. The molecule has 1 saturated heterocycles. The van der Waals surface area contributed by atoms with Gasteiger partial charge in [0.1, 0.15) is 5.02 Å². The third kappa shape index (κ3) is 4.01. The number of carbonyl (C=O) groups excluding carboxylic acids is 1. The van der Waals surface area contributed by atoms with Gasteiger partial charge in [0.05, 0.1) is 18.1 Å². The van der Waals surface area contributed by atoms with Gasteiger partial charge in [-0.25, -0.2) is 0 Å². The minimum atomic E-state index is -0.616. The van der Waals surface area contributed by atoms with Crippen molar-refractivity contribution in [3.63, 3.8) is 0 Å². The number of hydrogen-bond donors (Lipinski definition) is 1. The molecule has 1 N–H and O–H groups in total.